The maximum atomic E-state index is 12.0. The fourth-order valence-corrected chi connectivity index (χ4v) is 3.36. The number of anilines is 1. The lowest BCUT2D eigenvalue weighted by Gasteiger charge is -2.09. The van der Waals surface area contributed by atoms with Crippen LogP contribution in [0.4, 0.5) is 5.82 Å². The van der Waals surface area contributed by atoms with Crippen LogP contribution in [-0.4, -0.2) is 26.6 Å². The molecule has 1 N–H and O–H groups in total. The standard InChI is InChI=1S/C21H17N5O4/c1-28-14-4-5-17-16(8-14)13(7-18(27)30-17)10-26-12-25-19-20(23-11-24-21(19)26)22-9-15-3-2-6-29-15/h2-8,11-12H,9-10H2,1H3,(H,22,23,24). The van der Waals surface area contributed by atoms with E-state index in [-0.39, 0.29) is 0 Å². The Morgan fingerprint density at radius 3 is 2.93 bits per heavy atom. The molecule has 9 heteroatoms. The molecule has 0 saturated heterocycles. The van der Waals surface area contributed by atoms with E-state index in [1.807, 2.05) is 22.8 Å². The highest BCUT2D eigenvalue weighted by Crippen LogP contribution is 2.25. The van der Waals surface area contributed by atoms with Gasteiger partial charge in [-0.2, -0.15) is 0 Å². The van der Waals surface area contributed by atoms with Gasteiger partial charge in [-0.05, 0) is 35.9 Å². The Hall–Kier alpha value is -4.14. The summed E-state index contributed by atoms with van der Waals surface area (Å²) < 4.78 is 17.8. The monoisotopic (exact) mass is 403 g/mol. The van der Waals surface area contributed by atoms with Crippen molar-refractivity contribution >= 4 is 28.0 Å². The lowest BCUT2D eigenvalue weighted by Crippen LogP contribution is -2.06. The summed E-state index contributed by atoms with van der Waals surface area (Å²) in [7, 11) is 1.59. The summed E-state index contributed by atoms with van der Waals surface area (Å²) in [5.74, 6) is 2.08. The third-order valence-electron chi connectivity index (χ3n) is 4.79. The number of rotatable bonds is 6. The van der Waals surface area contributed by atoms with Gasteiger partial charge in [-0.25, -0.2) is 19.7 Å². The largest absolute Gasteiger partial charge is 0.497 e. The molecule has 0 saturated carbocycles. The van der Waals surface area contributed by atoms with Crippen molar-refractivity contribution in [2.45, 2.75) is 13.1 Å². The Kier molecular flexibility index (Phi) is 4.40. The van der Waals surface area contributed by atoms with Crippen molar-refractivity contribution in [3.8, 4) is 5.75 Å². The first kappa shape index (κ1) is 17.9. The summed E-state index contributed by atoms with van der Waals surface area (Å²) in [6.07, 6.45) is 4.78. The molecule has 1 aromatic carbocycles. The van der Waals surface area contributed by atoms with Crippen LogP contribution >= 0.6 is 0 Å². The summed E-state index contributed by atoms with van der Waals surface area (Å²) in [6.45, 7) is 0.872. The Morgan fingerprint density at radius 2 is 2.10 bits per heavy atom. The minimum Gasteiger partial charge on any atom is -0.497 e. The van der Waals surface area contributed by atoms with E-state index in [4.69, 9.17) is 13.6 Å². The van der Waals surface area contributed by atoms with Gasteiger partial charge in [0.05, 0.1) is 32.8 Å². The van der Waals surface area contributed by atoms with Crippen LogP contribution in [0, 0.1) is 0 Å². The van der Waals surface area contributed by atoms with Gasteiger partial charge in [0.15, 0.2) is 11.5 Å². The van der Waals surface area contributed by atoms with Gasteiger partial charge >= 0.3 is 5.63 Å². The van der Waals surface area contributed by atoms with E-state index in [2.05, 4.69) is 20.3 Å². The molecule has 0 spiro atoms. The van der Waals surface area contributed by atoms with Crippen LogP contribution in [0.1, 0.15) is 11.3 Å². The second kappa shape index (κ2) is 7.36. The minimum atomic E-state index is -0.414. The van der Waals surface area contributed by atoms with Gasteiger partial charge in [0.25, 0.3) is 0 Å². The fraction of sp³-hybridized carbons (Fsp3) is 0.143. The summed E-state index contributed by atoms with van der Waals surface area (Å²) in [5, 5.41) is 4.01. The molecule has 0 fully saturated rings. The number of hydrogen-bond donors (Lipinski definition) is 1. The highest BCUT2D eigenvalue weighted by atomic mass is 16.5. The third kappa shape index (κ3) is 3.26. The average Bonchev–Trinajstić information content (AvgIpc) is 3.42. The van der Waals surface area contributed by atoms with Crippen molar-refractivity contribution in [1.29, 1.82) is 0 Å². The van der Waals surface area contributed by atoms with Crippen LogP contribution in [0.15, 0.2) is 68.9 Å². The van der Waals surface area contributed by atoms with Crippen molar-refractivity contribution in [3.63, 3.8) is 0 Å². The van der Waals surface area contributed by atoms with Crippen LogP contribution in [0.25, 0.3) is 22.1 Å². The Morgan fingerprint density at radius 1 is 1.17 bits per heavy atom. The predicted octanol–water partition coefficient (Wildman–Crippen LogP) is 3.19. The molecule has 0 aliphatic rings. The summed E-state index contributed by atoms with van der Waals surface area (Å²) >= 11 is 0. The van der Waals surface area contributed by atoms with Crippen LogP contribution in [0.3, 0.4) is 0 Å². The number of nitrogens with zero attached hydrogens (tertiary/aromatic N) is 4. The molecule has 150 valence electrons. The highest BCUT2D eigenvalue weighted by molar-refractivity contribution is 5.84. The number of hydrogen-bond acceptors (Lipinski definition) is 8. The summed E-state index contributed by atoms with van der Waals surface area (Å²) in [5.41, 5.74) is 2.15. The first-order valence-electron chi connectivity index (χ1n) is 9.24. The average molecular weight is 403 g/mol. The number of furan rings is 1. The van der Waals surface area contributed by atoms with Gasteiger partial charge in [-0.1, -0.05) is 0 Å². The zero-order chi connectivity index (χ0) is 20.5. The third-order valence-corrected chi connectivity index (χ3v) is 4.79. The van der Waals surface area contributed by atoms with Crippen LogP contribution in [-0.2, 0) is 13.1 Å². The molecule has 0 aliphatic heterocycles. The molecule has 30 heavy (non-hydrogen) atoms. The van der Waals surface area contributed by atoms with Crippen LogP contribution in [0.5, 0.6) is 5.75 Å². The molecule has 9 nitrogen and oxygen atoms in total. The van der Waals surface area contributed by atoms with Crippen molar-refractivity contribution in [3.05, 3.63) is 77.1 Å². The van der Waals surface area contributed by atoms with Crippen molar-refractivity contribution in [1.82, 2.24) is 19.5 Å². The molecule has 0 radical (unpaired) electrons. The normalized spacial score (nSPS) is 11.2. The van der Waals surface area contributed by atoms with E-state index in [1.54, 1.807) is 31.8 Å². The zero-order valence-corrected chi connectivity index (χ0v) is 16.0. The molecular weight excluding hydrogens is 386 g/mol. The molecule has 0 bridgehead atoms. The Labute approximate surface area is 170 Å². The number of methoxy groups -OCH3 is 1. The molecule has 0 aliphatic carbocycles. The maximum absolute atomic E-state index is 12.0. The van der Waals surface area contributed by atoms with Gasteiger partial charge in [-0.3, -0.25) is 0 Å². The van der Waals surface area contributed by atoms with Gasteiger partial charge in [-0.15, -0.1) is 0 Å². The van der Waals surface area contributed by atoms with Crippen LogP contribution < -0.4 is 15.7 Å². The van der Waals surface area contributed by atoms with E-state index >= 15 is 0 Å². The molecule has 4 heterocycles. The number of fused-ring (bicyclic) bond motifs is 2. The molecule has 0 amide bonds. The number of ether oxygens (including phenoxy) is 1. The van der Waals surface area contributed by atoms with Crippen molar-refractivity contribution in [2.24, 2.45) is 0 Å². The van der Waals surface area contributed by atoms with E-state index in [1.165, 1.54) is 12.4 Å². The number of imidazole rings is 1. The SMILES string of the molecule is COc1ccc2oc(=O)cc(Cn3cnc4c(NCc5ccco5)ncnc43)c2c1. The molecule has 0 unspecified atom stereocenters. The number of aromatic nitrogens is 4. The van der Waals surface area contributed by atoms with Gasteiger partial charge in [0.1, 0.15) is 28.9 Å². The van der Waals surface area contributed by atoms with E-state index in [0.29, 0.717) is 41.4 Å². The van der Waals surface area contributed by atoms with E-state index < -0.39 is 5.63 Å². The van der Waals surface area contributed by atoms with Crippen molar-refractivity contribution < 1.29 is 13.6 Å². The predicted molar refractivity (Wildman–Crippen MR) is 109 cm³/mol. The van der Waals surface area contributed by atoms with Crippen LogP contribution in [0.2, 0.25) is 0 Å². The van der Waals surface area contributed by atoms with Gasteiger partial charge < -0.3 is 23.5 Å². The lowest BCUT2D eigenvalue weighted by molar-refractivity contribution is 0.415. The minimum absolute atomic E-state index is 0.389. The van der Waals surface area contributed by atoms with E-state index in [9.17, 15) is 4.79 Å². The molecule has 4 aromatic heterocycles. The lowest BCUT2D eigenvalue weighted by atomic mass is 10.1. The molecule has 5 rings (SSSR count). The molecule has 5 aromatic rings. The second-order valence-corrected chi connectivity index (χ2v) is 6.65. The zero-order valence-electron chi connectivity index (χ0n) is 16.0. The van der Waals surface area contributed by atoms with Crippen molar-refractivity contribution in [2.75, 3.05) is 12.4 Å². The quantitative estimate of drug-likeness (QED) is 0.431. The number of nitrogens with one attached hydrogen (secondary N) is 1. The maximum Gasteiger partial charge on any atom is 0.336 e. The Bertz CT molecular complexity index is 1390. The highest BCUT2D eigenvalue weighted by Gasteiger charge is 2.13. The fourth-order valence-electron chi connectivity index (χ4n) is 3.36. The first-order valence-corrected chi connectivity index (χ1v) is 9.24. The summed E-state index contributed by atoms with van der Waals surface area (Å²) in [6, 6.07) is 10.5. The first-order chi connectivity index (χ1) is 14.7. The van der Waals surface area contributed by atoms with E-state index in [0.717, 1.165) is 16.7 Å². The number of benzene rings is 1. The molecular formula is C21H17N5O4. The smallest absolute Gasteiger partial charge is 0.336 e. The summed E-state index contributed by atoms with van der Waals surface area (Å²) in [4.78, 5) is 25.2. The van der Waals surface area contributed by atoms with Gasteiger partial charge in [0.2, 0.25) is 0 Å². The van der Waals surface area contributed by atoms with Gasteiger partial charge in [0, 0.05) is 11.5 Å². The Balaban J connectivity index is 1.52. The molecule has 0 atom stereocenters. The topological polar surface area (TPSA) is 108 Å². The second-order valence-electron chi connectivity index (χ2n) is 6.65.